The van der Waals surface area contributed by atoms with Crippen molar-refractivity contribution in [2.45, 2.75) is 27.3 Å². The number of nitrogens with zero attached hydrogens (tertiary/aromatic N) is 3. The van der Waals surface area contributed by atoms with E-state index < -0.39 is 0 Å². The van der Waals surface area contributed by atoms with Crippen LogP contribution >= 0.6 is 0 Å². The molecule has 9 heavy (non-hydrogen) atoms. The van der Waals surface area contributed by atoms with Crippen molar-refractivity contribution >= 4 is 0 Å². The van der Waals surface area contributed by atoms with E-state index in [1.165, 1.54) is 0 Å². The lowest BCUT2D eigenvalue weighted by Crippen LogP contribution is -1.98. The zero-order valence-electron chi connectivity index (χ0n) is 6.05. The minimum absolute atomic E-state index is 0.856. The topological polar surface area (TPSA) is 30.7 Å². The van der Waals surface area contributed by atoms with Crippen LogP contribution in [0.4, 0.5) is 0 Å². The Kier molecular flexibility index (Phi) is 1.51. The summed E-state index contributed by atoms with van der Waals surface area (Å²) in [5.74, 6) is 0. The van der Waals surface area contributed by atoms with Gasteiger partial charge in [-0.25, -0.2) is 0 Å². The van der Waals surface area contributed by atoms with Gasteiger partial charge in [0, 0.05) is 0 Å². The molecule has 0 spiro atoms. The standard InChI is InChI=1S/C6H11N3/c1-4-9-7-5(2)6(3)8-9/h4H2,1-3H3. The first-order valence-electron chi connectivity index (χ1n) is 3.12. The average Bonchev–Trinajstić information content (AvgIpc) is 2.13. The summed E-state index contributed by atoms with van der Waals surface area (Å²) < 4.78 is 0. The van der Waals surface area contributed by atoms with Crippen molar-refractivity contribution in [3.05, 3.63) is 11.4 Å². The monoisotopic (exact) mass is 125 g/mol. The fraction of sp³-hybridized carbons (Fsp3) is 0.667. The second-order valence-electron chi connectivity index (χ2n) is 2.06. The number of hydrogen-bond donors (Lipinski definition) is 0. The predicted octanol–water partition coefficient (Wildman–Crippen LogP) is 0.915. The van der Waals surface area contributed by atoms with E-state index in [1.807, 2.05) is 20.8 Å². The molecular weight excluding hydrogens is 114 g/mol. The van der Waals surface area contributed by atoms with Crippen molar-refractivity contribution in [2.24, 2.45) is 0 Å². The van der Waals surface area contributed by atoms with E-state index in [-0.39, 0.29) is 0 Å². The SMILES string of the molecule is CCn1nc(C)c(C)n1. The van der Waals surface area contributed by atoms with Gasteiger partial charge in [-0.1, -0.05) is 0 Å². The molecule has 3 heteroatoms. The summed E-state index contributed by atoms with van der Waals surface area (Å²) in [6, 6.07) is 0. The minimum Gasteiger partial charge on any atom is -0.185 e. The molecule has 0 radical (unpaired) electrons. The Balaban J connectivity index is 2.98. The fourth-order valence-electron chi connectivity index (χ4n) is 0.655. The van der Waals surface area contributed by atoms with Crippen molar-refractivity contribution in [2.75, 3.05) is 0 Å². The van der Waals surface area contributed by atoms with E-state index in [4.69, 9.17) is 0 Å². The maximum atomic E-state index is 4.13. The Morgan fingerprint density at radius 3 is 1.89 bits per heavy atom. The highest BCUT2D eigenvalue weighted by molar-refractivity contribution is 5.02. The average molecular weight is 125 g/mol. The van der Waals surface area contributed by atoms with Crippen LogP contribution in [0.2, 0.25) is 0 Å². The third-order valence-corrected chi connectivity index (χ3v) is 1.34. The van der Waals surface area contributed by atoms with Gasteiger partial charge in [0.25, 0.3) is 0 Å². The van der Waals surface area contributed by atoms with Gasteiger partial charge in [-0.3, -0.25) is 0 Å². The maximum absolute atomic E-state index is 4.13. The summed E-state index contributed by atoms with van der Waals surface area (Å²) in [6.07, 6.45) is 0. The van der Waals surface area contributed by atoms with Gasteiger partial charge in [-0.15, -0.1) is 0 Å². The number of aromatic nitrogens is 3. The lowest BCUT2D eigenvalue weighted by molar-refractivity contribution is 0.564. The van der Waals surface area contributed by atoms with Crippen LogP contribution in [0.5, 0.6) is 0 Å². The van der Waals surface area contributed by atoms with Gasteiger partial charge >= 0.3 is 0 Å². The lowest BCUT2D eigenvalue weighted by atomic mass is 10.4. The molecule has 3 nitrogen and oxygen atoms in total. The number of hydrogen-bond acceptors (Lipinski definition) is 2. The molecule has 1 aromatic rings. The molecular formula is C6H11N3. The first-order chi connectivity index (χ1) is 4.24. The molecule has 0 aromatic carbocycles. The van der Waals surface area contributed by atoms with Gasteiger partial charge in [0.05, 0.1) is 17.9 Å². The van der Waals surface area contributed by atoms with Gasteiger partial charge in [-0.2, -0.15) is 15.0 Å². The van der Waals surface area contributed by atoms with E-state index in [0.717, 1.165) is 17.9 Å². The third-order valence-electron chi connectivity index (χ3n) is 1.34. The van der Waals surface area contributed by atoms with Crippen molar-refractivity contribution in [3.63, 3.8) is 0 Å². The van der Waals surface area contributed by atoms with E-state index in [9.17, 15) is 0 Å². The molecule has 0 unspecified atom stereocenters. The fourth-order valence-corrected chi connectivity index (χ4v) is 0.655. The van der Waals surface area contributed by atoms with E-state index in [0.29, 0.717) is 0 Å². The molecule has 0 fully saturated rings. The normalized spacial score (nSPS) is 10.1. The molecule has 0 N–H and O–H groups in total. The van der Waals surface area contributed by atoms with Gasteiger partial charge < -0.3 is 0 Å². The smallest absolute Gasteiger partial charge is 0.0825 e. The van der Waals surface area contributed by atoms with Gasteiger partial charge in [0.1, 0.15) is 0 Å². The molecule has 0 amide bonds. The molecule has 0 aliphatic heterocycles. The second kappa shape index (κ2) is 2.17. The molecule has 0 atom stereocenters. The zero-order chi connectivity index (χ0) is 6.85. The quantitative estimate of drug-likeness (QED) is 0.558. The summed E-state index contributed by atoms with van der Waals surface area (Å²) >= 11 is 0. The first kappa shape index (κ1) is 6.26. The highest BCUT2D eigenvalue weighted by atomic mass is 15.5. The second-order valence-corrected chi connectivity index (χ2v) is 2.06. The first-order valence-corrected chi connectivity index (χ1v) is 3.12. The maximum Gasteiger partial charge on any atom is 0.0825 e. The van der Waals surface area contributed by atoms with E-state index >= 15 is 0 Å². The molecule has 0 bridgehead atoms. The number of aryl methyl sites for hydroxylation is 3. The highest BCUT2D eigenvalue weighted by Crippen LogP contribution is 1.96. The van der Waals surface area contributed by atoms with E-state index in [1.54, 1.807) is 4.80 Å². The lowest BCUT2D eigenvalue weighted by Gasteiger charge is -1.86. The van der Waals surface area contributed by atoms with Crippen molar-refractivity contribution < 1.29 is 0 Å². The Morgan fingerprint density at radius 2 is 1.67 bits per heavy atom. The Labute approximate surface area is 54.7 Å². The van der Waals surface area contributed by atoms with Gasteiger partial charge in [0.2, 0.25) is 0 Å². The molecule has 1 heterocycles. The number of rotatable bonds is 1. The van der Waals surface area contributed by atoms with Crippen LogP contribution in [0.15, 0.2) is 0 Å². The summed E-state index contributed by atoms with van der Waals surface area (Å²) in [7, 11) is 0. The molecule has 1 aromatic heterocycles. The molecule has 0 saturated heterocycles. The highest BCUT2D eigenvalue weighted by Gasteiger charge is 1.97. The summed E-state index contributed by atoms with van der Waals surface area (Å²) in [5, 5.41) is 8.27. The van der Waals surface area contributed by atoms with Crippen molar-refractivity contribution in [1.29, 1.82) is 0 Å². The van der Waals surface area contributed by atoms with Gasteiger partial charge in [-0.05, 0) is 20.8 Å². The van der Waals surface area contributed by atoms with E-state index in [2.05, 4.69) is 10.2 Å². The molecule has 0 aliphatic rings. The Hall–Kier alpha value is -0.860. The molecule has 1 rings (SSSR count). The van der Waals surface area contributed by atoms with Crippen LogP contribution in [0.3, 0.4) is 0 Å². The van der Waals surface area contributed by atoms with Crippen LogP contribution < -0.4 is 0 Å². The Bertz CT molecular complexity index is 183. The summed E-state index contributed by atoms with van der Waals surface area (Å²) in [5.41, 5.74) is 2.05. The predicted molar refractivity (Wildman–Crippen MR) is 35.2 cm³/mol. The largest absolute Gasteiger partial charge is 0.185 e. The summed E-state index contributed by atoms with van der Waals surface area (Å²) in [6.45, 7) is 6.82. The zero-order valence-corrected chi connectivity index (χ0v) is 6.05. The van der Waals surface area contributed by atoms with Crippen molar-refractivity contribution in [3.8, 4) is 0 Å². The van der Waals surface area contributed by atoms with Crippen molar-refractivity contribution in [1.82, 2.24) is 15.0 Å². The van der Waals surface area contributed by atoms with Crippen LogP contribution in [-0.2, 0) is 6.54 Å². The van der Waals surface area contributed by atoms with Crippen LogP contribution in [0, 0.1) is 13.8 Å². The molecule has 50 valence electrons. The Morgan fingerprint density at radius 1 is 1.22 bits per heavy atom. The molecule has 0 saturated carbocycles. The van der Waals surface area contributed by atoms with Crippen LogP contribution in [0.1, 0.15) is 18.3 Å². The molecule has 0 aliphatic carbocycles. The van der Waals surface area contributed by atoms with Gasteiger partial charge in [0.15, 0.2) is 0 Å². The third kappa shape index (κ3) is 1.09. The van der Waals surface area contributed by atoms with Crippen LogP contribution in [0.25, 0.3) is 0 Å². The van der Waals surface area contributed by atoms with Crippen LogP contribution in [-0.4, -0.2) is 15.0 Å². The summed E-state index contributed by atoms with van der Waals surface area (Å²) in [4.78, 5) is 1.70. The minimum atomic E-state index is 0.856.